The molecule has 0 saturated heterocycles. The molecule has 0 unspecified atom stereocenters. The van der Waals surface area contributed by atoms with Crippen molar-refractivity contribution in [3.8, 4) is 5.75 Å². The van der Waals surface area contributed by atoms with E-state index in [0.717, 1.165) is 10.9 Å². The lowest BCUT2D eigenvalue weighted by molar-refractivity contribution is 0.0958. The van der Waals surface area contributed by atoms with Crippen LogP contribution in [0.25, 0.3) is 10.9 Å². The Morgan fingerprint density at radius 2 is 2.31 bits per heavy atom. The average molecular weight is 219 g/mol. The Kier molecular flexibility index (Phi) is 2.92. The van der Waals surface area contributed by atoms with Crippen molar-refractivity contribution in [1.82, 2.24) is 4.98 Å². The lowest BCUT2D eigenvalue weighted by Gasteiger charge is -2.00. The maximum Gasteiger partial charge on any atom is 0.167 e. The van der Waals surface area contributed by atoms with E-state index < -0.39 is 0 Å². The number of carbonyl (C=O) groups excluding carboxylic acids is 1. The van der Waals surface area contributed by atoms with E-state index in [0.29, 0.717) is 11.3 Å². The second kappa shape index (κ2) is 4.37. The second-order valence-corrected chi connectivity index (χ2v) is 3.51. The van der Waals surface area contributed by atoms with Crippen LogP contribution in [0.15, 0.2) is 24.4 Å². The van der Waals surface area contributed by atoms with Crippen molar-refractivity contribution < 1.29 is 14.6 Å². The third-order valence-corrected chi connectivity index (χ3v) is 2.53. The summed E-state index contributed by atoms with van der Waals surface area (Å²) in [6, 6.07) is 5.51. The van der Waals surface area contributed by atoms with Gasteiger partial charge < -0.3 is 14.8 Å². The second-order valence-electron chi connectivity index (χ2n) is 3.51. The molecule has 1 aromatic heterocycles. The number of H-pyrrole nitrogens is 1. The smallest absolute Gasteiger partial charge is 0.167 e. The zero-order valence-corrected chi connectivity index (χ0v) is 8.99. The maximum absolute atomic E-state index is 11.7. The lowest BCUT2D eigenvalue weighted by atomic mass is 10.1. The molecule has 84 valence electrons. The van der Waals surface area contributed by atoms with Gasteiger partial charge in [0.2, 0.25) is 0 Å². The van der Waals surface area contributed by atoms with Gasteiger partial charge in [-0.05, 0) is 18.2 Å². The van der Waals surface area contributed by atoms with Crippen LogP contribution in [0.3, 0.4) is 0 Å². The molecule has 0 bridgehead atoms. The SMILES string of the molecule is COc1ccc2[nH]cc(C(=O)CCO)c2c1. The van der Waals surface area contributed by atoms with Crippen LogP contribution in [-0.2, 0) is 0 Å². The van der Waals surface area contributed by atoms with E-state index >= 15 is 0 Å². The van der Waals surface area contributed by atoms with Gasteiger partial charge >= 0.3 is 0 Å². The molecule has 16 heavy (non-hydrogen) atoms. The Morgan fingerprint density at radius 1 is 1.50 bits per heavy atom. The Bertz CT molecular complexity index is 516. The summed E-state index contributed by atoms with van der Waals surface area (Å²) >= 11 is 0. The van der Waals surface area contributed by atoms with Gasteiger partial charge in [-0.25, -0.2) is 0 Å². The van der Waals surface area contributed by atoms with Crippen molar-refractivity contribution in [2.45, 2.75) is 6.42 Å². The zero-order chi connectivity index (χ0) is 11.5. The van der Waals surface area contributed by atoms with E-state index in [1.807, 2.05) is 18.2 Å². The number of fused-ring (bicyclic) bond motifs is 1. The van der Waals surface area contributed by atoms with E-state index in [-0.39, 0.29) is 18.8 Å². The van der Waals surface area contributed by atoms with Gasteiger partial charge in [0.1, 0.15) is 5.75 Å². The molecule has 4 heteroatoms. The zero-order valence-electron chi connectivity index (χ0n) is 8.99. The maximum atomic E-state index is 11.7. The fourth-order valence-electron chi connectivity index (χ4n) is 1.69. The highest BCUT2D eigenvalue weighted by molar-refractivity contribution is 6.08. The highest BCUT2D eigenvalue weighted by Gasteiger charge is 2.11. The topological polar surface area (TPSA) is 62.3 Å². The Morgan fingerprint density at radius 3 is 3.00 bits per heavy atom. The van der Waals surface area contributed by atoms with Crippen molar-refractivity contribution in [1.29, 1.82) is 0 Å². The molecule has 0 saturated carbocycles. The molecule has 0 aliphatic carbocycles. The van der Waals surface area contributed by atoms with E-state index in [2.05, 4.69) is 4.98 Å². The van der Waals surface area contributed by atoms with Gasteiger partial charge in [0, 0.05) is 29.1 Å². The number of nitrogens with one attached hydrogen (secondary N) is 1. The van der Waals surface area contributed by atoms with Gasteiger partial charge in [0.25, 0.3) is 0 Å². The number of benzene rings is 1. The average Bonchev–Trinajstić information content (AvgIpc) is 2.71. The van der Waals surface area contributed by atoms with E-state index in [9.17, 15) is 4.79 Å². The molecule has 0 aliphatic heterocycles. The minimum Gasteiger partial charge on any atom is -0.497 e. The van der Waals surface area contributed by atoms with Gasteiger partial charge in [0.05, 0.1) is 13.7 Å². The number of ketones is 1. The van der Waals surface area contributed by atoms with E-state index in [1.165, 1.54) is 0 Å². The van der Waals surface area contributed by atoms with E-state index in [1.54, 1.807) is 13.3 Å². The van der Waals surface area contributed by atoms with Gasteiger partial charge in [-0.1, -0.05) is 0 Å². The third kappa shape index (κ3) is 1.79. The van der Waals surface area contributed by atoms with Gasteiger partial charge in [-0.3, -0.25) is 4.79 Å². The molecule has 2 N–H and O–H groups in total. The van der Waals surface area contributed by atoms with Crippen molar-refractivity contribution in [3.63, 3.8) is 0 Å². The molecular formula is C12H13NO3. The molecule has 0 spiro atoms. The Labute approximate surface area is 92.9 Å². The number of ether oxygens (including phenoxy) is 1. The number of Topliss-reactive ketones (excluding diaryl/α,β-unsaturated/α-hetero) is 1. The number of aromatic nitrogens is 1. The van der Waals surface area contributed by atoms with Crippen LogP contribution in [0.4, 0.5) is 0 Å². The molecular weight excluding hydrogens is 206 g/mol. The van der Waals surface area contributed by atoms with Crippen LogP contribution < -0.4 is 4.74 Å². The molecule has 4 nitrogen and oxygen atoms in total. The standard InChI is InChI=1S/C12H13NO3/c1-16-8-2-3-11-9(6-8)10(7-13-11)12(15)4-5-14/h2-3,6-7,13-14H,4-5H2,1H3. The van der Waals surface area contributed by atoms with Crippen molar-refractivity contribution >= 4 is 16.7 Å². The summed E-state index contributed by atoms with van der Waals surface area (Å²) in [6.45, 7) is -0.129. The summed E-state index contributed by atoms with van der Waals surface area (Å²) < 4.78 is 5.11. The van der Waals surface area contributed by atoms with Crippen LogP contribution in [0.1, 0.15) is 16.8 Å². The number of aliphatic hydroxyl groups is 1. The molecule has 0 fully saturated rings. The fraction of sp³-hybridized carbons (Fsp3) is 0.250. The molecule has 2 rings (SSSR count). The first-order valence-electron chi connectivity index (χ1n) is 5.05. The number of carbonyl (C=O) groups is 1. The van der Waals surface area contributed by atoms with Gasteiger partial charge in [-0.15, -0.1) is 0 Å². The van der Waals surface area contributed by atoms with Crippen LogP contribution in [0, 0.1) is 0 Å². The molecule has 0 amide bonds. The monoisotopic (exact) mass is 219 g/mol. The largest absolute Gasteiger partial charge is 0.497 e. The first kappa shape index (κ1) is 10.7. The van der Waals surface area contributed by atoms with Crippen LogP contribution in [0.2, 0.25) is 0 Å². The number of aromatic amines is 1. The third-order valence-electron chi connectivity index (χ3n) is 2.53. The predicted octanol–water partition coefficient (Wildman–Crippen LogP) is 1.74. The summed E-state index contributed by atoms with van der Waals surface area (Å²) in [4.78, 5) is 14.7. The fourth-order valence-corrected chi connectivity index (χ4v) is 1.69. The summed E-state index contributed by atoms with van der Waals surface area (Å²) in [5.74, 6) is 0.646. The summed E-state index contributed by atoms with van der Waals surface area (Å²) in [7, 11) is 1.59. The minimum atomic E-state index is -0.129. The normalized spacial score (nSPS) is 10.6. The molecule has 1 aromatic carbocycles. The summed E-state index contributed by atoms with van der Waals surface area (Å²) in [6.07, 6.45) is 1.81. The quantitative estimate of drug-likeness (QED) is 0.770. The number of rotatable bonds is 4. The molecule has 0 atom stereocenters. The van der Waals surface area contributed by atoms with Gasteiger partial charge in [0.15, 0.2) is 5.78 Å². The molecule has 1 heterocycles. The lowest BCUT2D eigenvalue weighted by Crippen LogP contribution is -2.00. The number of hydrogen-bond acceptors (Lipinski definition) is 3. The first-order chi connectivity index (χ1) is 7.76. The van der Waals surface area contributed by atoms with Crippen LogP contribution in [-0.4, -0.2) is 29.6 Å². The molecule has 2 aromatic rings. The minimum absolute atomic E-state index is 0.0676. The van der Waals surface area contributed by atoms with Crippen molar-refractivity contribution in [2.75, 3.05) is 13.7 Å². The Hall–Kier alpha value is -1.81. The number of aliphatic hydroxyl groups excluding tert-OH is 1. The molecule has 0 aliphatic rings. The first-order valence-corrected chi connectivity index (χ1v) is 5.05. The van der Waals surface area contributed by atoms with Gasteiger partial charge in [-0.2, -0.15) is 0 Å². The number of hydrogen-bond donors (Lipinski definition) is 2. The molecule has 0 radical (unpaired) electrons. The van der Waals surface area contributed by atoms with Crippen LogP contribution >= 0.6 is 0 Å². The predicted molar refractivity (Wildman–Crippen MR) is 60.9 cm³/mol. The van der Waals surface area contributed by atoms with Crippen molar-refractivity contribution in [3.05, 3.63) is 30.0 Å². The van der Waals surface area contributed by atoms with Crippen molar-refractivity contribution in [2.24, 2.45) is 0 Å². The Balaban J connectivity index is 2.49. The highest BCUT2D eigenvalue weighted by atomic mass is 16.5. The highest BCUT2D eigenvalue weighted by Crippen LogP contribution is 2.24. The summed E-state index contributed by atoms with van der Waals surface area (Å²) in [5.41, 5.74) is 1.49. The number of methoxy groups -OCH3 is 1. The van der Waals surface area contributed by atoms with Crippen LogP contribution in [0.5, 0.6) is 5.75 Å². The van der Waals surface area contributed by atoms with E-state index in [4.69, 9.17) is 9.84 Å². The summed E-state index contributed by atoms with van der Waals surface area (Å²) in [5, 5.41) is 9.58.